The fourth-order valence-electron chi connectivity index (χ4n) is 2.92. The van der Waals surface area contributed by atoms with Crippen LogP contribution < -0.4 is 16.3 Å². The maximum atomic E-state index is 11.5. The van der Waals surface area contributed by atoms with Gasteiger partial charge >= 0.3 is 5.69 Å². The molecule has 2 aromatic rings. The van der Waals surface area contributed by atoms with Crippen molar-refractivity contribution in [3.63, 3.8) is 0 Å². The molecule has 0 atom stereocenters. The van der Waals surface area contributed by atoms with Crippen molar-refractivity contribution < 1.29 is 0 Å². The molecule has 20 heavy (non-hydrogen) atoms. The van der Waals surface area contributed by atoms with Gasteiger partial charge in [-0.1, -0.05) is 12.8 Å². The number of anilines is 1. The fraction of sp³-hybridized carbons (Fsp3) is 0.615. The summed E-state index contributed by atoms with van der Waals surface area (Å²) in [6.45, 7) is 1.58. The predicted molar refractivity (Wildman–Crippen MR) is 76.9 cm³/mol. The molecule has 0 saturated heterocycles. The van der Waals surface area contributed by atoms with Crippen molar-refractivity contribution >= 4 is 11.5 Å². The number of nitrogens with one attached hydrogen (secondary N) is 1. The minimum Gasteiger partial charge on any atom is -0.353 e. The van der Waals surface area contributed by atoms with Crippen LogP contribution in [0.15, 0.2) is 17.2 Å². The lowest BCUT2D eigenvalue weighted by molar-refractivity contribution is 0.586. The second kappa shape index (κ2) is 5.62. The summed E-state index contributed by atoms with van der Waals surface area (Å²) < 4.78 is 1.42. The van der Waals surface area contributed by atoms with Crippen molar-refractivity contribution in [2.45, 2.75) is 38.1 Å². The molecule has 1 saturated carbocycles. The minimum absolute atomic E-state index is 0.256. The van der Waals surface area contributed by atoms with Gasteiger partial charge < -0.3 is 10.6 Å². The van der Waals surface area contributed by atoms with Crippen LogP contribution in [-0.2, 0) is 0 Å². The molecule has 1 aliphatic rings. The largest absolute Gasteiger partial charge is 0.353 e. The number of hydrogen-bond donors (Lipinski definition) is 2. The molecule has 0 unspecified atom stereocenters. The molecule has 2 aromatic heterocycles. The Morgan fingerprint density at radius 3 is 3.00 bits per heavy atom. The lowest BCUT2D eigenvalue weighted by Gasteiger charge is -2.29. The molecule has 0 amide bonds. The molecule has 1 aliphatic carbocycles. The highest BCUT2D eigenvalue weighted by atomic mass is 16.1. The van der Waals surface area contributed by atoms with Gasteiger partial charge in [0.25, 0.3) is 0 Å². The molecule has 3 rings (SSSR count). The van der Waals surface area contributed by atoms with E-state index in [9.17, 15) is 4.79 Å². The first-order valence-electron chi connectivity index (χ1n) is 7.19. The van der Waals surface area contributed by atoms with Gasteiger partial charge in [0.15, 0.2) is 5.65 Å². The van der Waals surface area contributed by atoms with Gasteiger partial charge in [0.1, 0.15) is 12.1 Å². The Morgan fingerprint density at radius 2 is 2.25 bits per heavy atom. The zero-order valence-electron chi connectivity index (χ0n) is 11.5. The first kappa shape index (κ1) is 13.1. The number of fused-ring (bicyclic) bond motifs is 1. The van der Waals surface area contributed by atoms with Gasteiger partial charge in [-0.25, -0.2) is 19.3 Å². The highest BCUT2D eigenvalue weighted by Gasteiger charge is 2.23. The first-order chi connectivity index (χ1) is 9.79. The van der Waals surface area contributed by atoms with E-state index in [2.05, 4.69) is 20.1 Å². The van der Waals surface area contributed by atoms with Gasteiger partial charge in [-0.05, 0) is 25.8 Å². The summed E-state index contributed by atoms with van der Waals surface area (Å²) >= 11 is 0. The summed E-state index contributed by atoms with van der Waals surface area (Å²) in [6, 6.07) is 2.40. The molecule has 0 aliphatic heterocycles. The van der Waals surface area contributed by atoms with Crippen molar-refractivity contribution in [1.82, 2.24) is 19.6 Å². The highest BCUT2D eigenvalue weighted by molar-refractivity contribution is 5.50. The van der Waals surface area contributed by atoms with E-state index in [1.165, 1.54) is 30.1 Å². The van der Waals surface area contributed by atoms with E-state index in [0.717, 1.165) is 18.8 Å². The molecule has 0 radical (unpaired) electrons. The molecular formula is C13H20N6O. The summed E-state index contributed by atoms with van der Waals surface area (Å²) in [5.41, 5.74) is 5.99. The van der Waals surface area contributed by atoms with Crippen LogP contribution in [0.2, 0.25) is 0 Å². The number of aromatic amines is 1. The van der Waals surface area contributed by atoms with Gasteiger partial charge in [0.05, 0.1) is 0 Å². The van der Waals surface area contributed by atoms with Crippen LogP contribution in [0.5, 0.6) is 0 Å². The van der Waals surface area contributed by atoms with Crippen molar-refractivity contribution in [1.29, 1.82) is 0 Å². The van der Waals surface area contributed by atoms with Gasteiger partial charge in [0.2, 0.25) is 0 Å². The summed E-state index contributed by atoms with van der Waals surface area (Å²) in [6.07, 6.45) is 7.43. The Labute approximate surface area is 116 Å². The lowest BCUT2D eigenvalue weighted by atomic mass is 10.2. The lowest BCUT2D eigenvalue weighted by Crippen LogP contribution is -2.35. The van der Waals surface area contributed by atoms with Crippen LogP contribution in [0.3, 0.4) is 0 Å². The molecule has 7 heteroatoms. The van der Waals surface area contributed by atoms with Crippen LogP contribution in [0.25, 0.3) is 5.65 Å². The number of nitrogens with two attached hydrogens (primary N) is 1. The smallest absolute Gasteiger partial charge is 0.348 e. The molecule has 0 aromatic carbocycles. The van der Waals surface area contributed by atoms with Crippen LogP contribution >= 0.6 is 0 Å². The third-order valence-corrected chi connectivity index (χ3v) is 3.96. The SMILES string of the molecule is NCCCN(c1cc2n[nH]c(=O)n2cn1)C1CCCC1. The molecule has 0 bridgehead atoms. The topological polar surface area (TPSA) is 92.3 Å². The predicted octanol–water partition coefficient (Wildman–Crippen LogP) is 0.515. The van der Waals surface area contributed by atoms with Crippen LogP contribution in [0.1, 0.15) is 32.1 Å². The molecule has 3 N–H and O–H groups in total. The Kier molecular flexibility index (Phi) is 3.68. The zero-order valence-corrected chi connectivity index (χ0v) is 11.5. The van der Waals surface area contributed by atoms with Crippen LogP contribution in [0.4, 0.5) is 5.82 Å². The van der Waals surface area contributed by atoms with Crippen LogP contribution in [-0.4, -0.2) is 38.7 Å². The Hall–Kier alpha value is -1.89. The summed E-state index contributed by atoms with van der Waals surface area (Å²) in [4.78, 5) is 18.2. The van der Waals surface area contributed by atoms with E-state index < -0.39 is 0 Å². The molecule has 1 fully saturated rings. The van der Waals surface area contributed by atoms with Crippen LogP contribution in [0, 0.1) is 0 Å². The Balaban J connectivity index is 1.92. The third kappa shape index (κ3) is 2.40. The highest BCUT2D eigenvalue weighted by Crippen LogP contribution is 2.27. The van der Waals surface area contributed by atoms with Gasteiger partial charge in [0, 0.05) is 18.7 Å². The van der Waals surface area contributed by atoms with Gasteiger partial charge in [-0.3, -0.25) is 0 Å². The Morgan fingerprint density at radius 1 is 1.45 bits per heavy atom. The van der Waals surface area contributed by atoms with Crippen molar-refractivity contribution in [3.8, 4) is 0 Å². The maximum Gasteiger partial charge on any atom is 0.348 e. The zero-order chi connectivity index (χ0) is 13.9. The van der Waals surface area contributed by atoms with Gasteiger partial charge in [-0.15, -0.1) is 0 Å². The maximum absolute atomic E-state index is 11.5. The first-order valence-corrected chi connectivity index (χ1v) is 7.19. The summed E-state index contributed by atoms with van der Waals surface area (Å²) in [7, 11) is 0. The van der Waals surface area contributed by atoms with E-state index in [1.807, 2.05) is 6.07 Å². The number of H-pyrrole nitrogens is 1. The number of aromatic nitrogens is 4. The second-order valence-electron chi connectivity index (χ2n) is 5.28. The average Bonchev–Trinajstić information content (AvgIpc) is 3.10. The average molecular weight is 276 g/mol. The quantitative estimate of drug-likeness (QED) is 0.830. The van der Waals surface area contributed by atoms with Crippen molar-refractivity contribution in [2.75, 3.05) is 18.0 Å². The standard InChI is InChI=1S/C13H20N6O/c14-6-3-7-18(10-4-1-2-5-10)11-8-12-16-17-13(20)19(12)9-15-11/h8-10H,1-7,14H2,(H,17,20). The second-order valence-corrected chi connectivity index (χ2v) is 5.28. The van der Waals surface area contributed by atoms with E-state index >= 15 is 0 Å². The van der Waals surface area contributed by atoms with E-state index in [1.54, 1.807) is 6.33 Å². The molecule has 7 nitrogen and oxygen atoms in total. The van der Waals surface area contributed by atoms with E-state index in [0.29, 0.717) is 18.2 Å². The summed E-state index contributed by atoms with van der Waals surface area (Å²) in [5, 5.41) is 6.44. The number of hydrogen-bond acceptors (Lipinski definition) is 5. The third-order valence-electron chi connectivity index (χ3n) is 3.96. The van der Waals surface area contributed by atoms with E-state index in [4.69, 9.17) is 5.73 Å². The molecule has 0 spiro atoms. The minimum atomic E-state index is -0.256. The Bertz CT molecular complexity index is 627. The van der Waals surface area contributed by atoms with Crippen molar-refractivity contribution in [3.05, 3.63) is 22.9 Å². The van der Waals surface area contributed by atoms with Crippen molar-refractivity contribution in [2.24, 2.45) is 5.73 Å². The van der Waals surface area contributed by atoms with E-state index in [-0.39, 0.29) is 5.69 Å². The monoisotopic (exact) mass is 276 g/mol. The fourth-order valence-corrected chi connectivity index (χ4v) is 2.92. The normalized spacial score (nSPS) is 16.1. The number of nitrogens with zero attached hydrogens (tertiary/aromatic N) is 4. The van der Waals surface area contributed by atoms with Gasteiger partial charge in [-0.2, -0.15) is 5.10 Å². The molecule has 2 heterocycles. The number of rotatable bonds is 5. The molecular weight excluding hydrogens is 256 g/mol. The molecule has 108 valence electrons. The summed E-state index contributed by atoms with van der Waals surface area (Å²) in [5.74, 6) is 0.886.